The van der Waals surface area contributed by atoms with Gasteiger partial charge in [0.25, 0.3) is 5.91 Å². The molecule has 2 rings (SSSR count). The lowest BCUT2D eigenvalue weighted by molar-refractivity contribution is 0.0929. The number of carbonyl (C=O) groups is 1. The molecule has 104 valence electrons. The second-order valence-corrected chi connectivity index (χ2v) is 5.45. The number of halogens is 1. The molecule has 1 fully saturated rings. The highest BCUT2D eigenvalue weighted by Crippen LogP contribution is 2.22. The summed E-state index contributed by atoms with van der Waals surface area (Å²) in [6.07, 6.45) is 3.58. The van der Waals surface area contributed by atoms with Gasteiger partial charge in [0.2, 0.25) is 0 Å². The quantitative estimate of drug-likeness (QED) is 0.835. The van der Waals surface area contributed by atoms with Crippen LogP contribution in [0.15, 0.2) is 18.2 Å². The van der Waals surface area contributed by atoms with Crippen molar-refractivity contribution in [3.63, 3.8) is 0 Å². The fourth-order valence-corrected chi connectivity index (χ4v) is 2.75. The van der Waals surface area contributed by atoms with E-state index in [2.05, 4.69) is 17.3 Å². The van der Waals surface area contributed by atoms with Crippen molar-refractivity contribution < 1.29 is 4.79 Å². The number of anilines is 1. The van der Waals surface area contributed by atoms with Gasteiger partial charge in [-0.05, 0) is 38.6 Å². The lowest BCUT2D eigenvalue weighted by Crippen LogP contribution is -2.44. The topological polar surface area (TPSA) is 58.4 Å². The summed E-state index contributed by atoms with van der Waals surface area (Å²) >= 11 is 6.02. The zero-order valence-electron chi connectivity index (χ0n) is 11.2. The molecule has 0 radical (unpaired) electrons. The third kappa shape index (κ3) is 3.39. The normalized spacial score (nSPS) is 20.2. The smallest absolute Gasteiger partial charge is 0.254 e. The molecule has 1 amide bonds. The van der Waals surface area contributed by atoms with Gasteiger partial charge in [-0.1, -0.05) is 24.1 Å². The molecule has 1 atom stereocenters. The number of benzene rings is 1. The molecule has 1 aliphatic heterocycles. The van der Waals surface area contributed by atoms with Crippen LogP contribution in [0.4, 0.5) is 5.69 Å². The van der Waals surface area contributed by atoms with Crippen LogP contribution in [-0.4, -0.2) is 37.0 Å². The first kappa shape index (κ1) is 14.2. The monoisotopic (exact) mass is 281 g/mol. The Kier molecular flexibility index (Phi) is 4.66. The maximum absolute atomic E-state index is 12.1. The predicted molar refractivity (Wildman–Crippen MR) is 78.5 cm³/mol. The Bertz CT molecular complexity index is 444. The van der Waals surface area contributed by atoms with E-state index in [0.717, 1.165) is 13.0 Å². The van der Waals surface area contributed by atoms with Crippen molar-refractivity contribution in [3.05, 3.63) is 28.8 Å². The number of nitrogens with zero attached hydrogens (tertiary/aromatic N) is 1. The standard InChI is InChI=1S/C14H20ClN3O/c1-18-8-3-2-5-10(18)9-17-14(19)13-11(15)6-4-7-12(13)16/h4,6-7,10H,2-3,5,8-9,16H2,1H3,(H,17,19). The molecule has 3 N–H and O–H groups in total. The van der Waals surface area contributed by atoms with Crippen LogP contribution in [0.1, 0.15) is 29.6 Å². The molecule has 1 aromatic carbocycles. The van der Waals surface area contributed by atoms with E-state index < -0.39 is 0 Å². The molecule has 4 nitrogen and oxygen atoms in total. The summed E-state index contributed by atoms with van der Waals surface area (Å²) in [5, 5.41) is 3.33. The molecule has 1 unspecified atom stereocenters. The molecule has 5 heteroatoms. The van der Waals surface area contributed by atoms with E-state index in [0.29, 0.717) is 28.9 Å². The van der Waals surface area contributed by atoms with Gasteiger partial charge in [-0.3, -0.25) is 4.79 Å². The second-order valence-electron chi connectivity index (χ2n) is 5.04. The van der Waals surface area contributed by atoms with Crippen molar-refractivity contribution in [2.24, 2.45) is 0 Å². The third-order valence-electron chi connectivity index (χ3n) is 3.69. The maximum atomic E-state index is 12.1. The number of hydrogen-bond donors (Lipinski definition) is 2. The van der Waals surface area contributed by atoms with Crippen LogP contribution in [0, 0.1) is 0 Å². The predicted octanol–water partition coefficient (Wildman–Crippen LogP) is 2.14. The zero-order chi connectivity index (χ0) is 13.8. The van der Waals surface area contributed by atoms with Crippen LogP contribution in [0.2, 0.25) is 5.02 Å². The number of likely N-dealkylation sites (N-methyl/N-ethyl adjacent to an activating group) is 1. The van der Waals surface area contributed by atoms with Crippen LogP contribution < -0.4 is 11.1 Å². The zero-order valence-corrected chi connectivity index (χ0v) is 11.9. The van der Waals surface area contributed by atoms with Crippen molar-refractivity contribution in [2.75, 3.05) is 25.9 Å². The maximum Gasteiger partial charge on any atom is 0.254 e. The SMILES string of the molecule is CN1CCCCC1CNC(=O)c1c(N)cccc1Cl. The number of hydrogen-bond acceptors (Lipinski definition) is 3. The summed E-state index contributed by atoms with van der Waals surface area (Å²) in [6.45, 7) is 1.73. The van der Waals surface area contributed by atoms with E-state index in [9.17, 15) is 4.79 Å². The van der Waals surface area contributed by atoms with Crippen LogP contribution in [0.25, 0.3) is 0 Å². The van der Waals surface area contributed by atoms with E-state index in [4.69, 9.17) is 17.3 Å². The fourth-order valence-electron chi connectivity index (χ4n) is 2.48. The number of nitrogens with one attached hydrogen (secondary N) is 1. The molecule has 0 aromatic heterocycles. The molecule has 1 heterocycles. The summed E-state index contributed by atoms with van der Waals surface area (Å²) in [6, 6.07) is 5.51. The molecule has 0 aliphatic carbocycles. The van der Waals surface area contributed by atoms with Gasteiger partial charge < -0.3 is 16.0 Å². The highest BCUT2D eigenvalue weighted by Gasteiger charge is 2.20. The lowest BCUT2D eigenvalue weighted by Gasteiger charge is -2.32. The Labute approximate surface area is 118 Å². The van der Waals surface area contributed by atoms with Gasteiger partial charge in [0.05, 0.1) is 10.6 Å². The summed E-state index contributed by atoms with van der Waals surface area (Å²) < 4.78 is 0. The molecule has 1 aliphatic rings. The minimum Gasteiger partial charge on any atom is -0.398 e. The average Bonchev–Trinajstić information content (AvgIpc) is 2.37. The second kappa shape index (κ2) is 6.26. The number of nitrogen functional groups attached to an aromatic ring is 1. The molecule has 0 saturated carbocycles. The van der Waals surface area contributed by atoms with E-state index in [-0.39, 0.29) is 5.91 Å². The molecular formula is C14H20ClN3O. The number of likely N-dealkylation sites (tertiary alicyclic amines) is 1. The van der Waals surface area contributed by atoms with Crippen molar-refractivity contribution in [2.45, 2.75) is 25.3 Å². The largest absolute Gasteiger partial charge is 0.398 e. The Hall–Kier alpha value is -1.26. The first-order chi connectivity index (χ1) is 9.09. The Morgan fingerprint density at radius 1 is 1.53 bits per heavy atom. The summed E-state index contributed by atoms with van der Waals surface area (Å²) in [4.78, 5) is 14.4. The molecule has 0 bridgehead atoms. The summed E-state index contributed by atoms with van der Waals surface area (Å²) in [5.41, 5.74) is 6.60. The third-order valence-corrected chi connectivity index (χ3v) is 4.01. The van der Waals surface area contributed by atoms with Gasteiger partial charge in [-0.15, -0.1) is 0 Å². The number of amides is 1. The van der Waals surface area contributed by atoms with Crippen LogP contribution in [0.5, 0.6) is 0 Å². The van der Waals surface area contributed by atoms with E-state index in [1.165, 1.54) is 12.8 Å². The average molecular weight is 282 g/mol. The number of piperidine rings is 1. The summed E-state index contributed by atoms with van der Waals surface area (Å²) in [5.74, 6) is -0.193. The van der Waals surface area contributed by atoms with Crippen LogP contribution >= 0.6 is 11.6 Å². The van der Waals surface area contributed by atoms with E-state index in [1.54, 1.807) is 18.2 Å². The van der Waals surface area contributed by atoms with Gasteiger partial charge in [0, 0.05) is 18.3 Å². The molecular weight excluding hydrogens is 262 g/mol. The fraction of sp³-hybridized carbons (Fsp3) is 0.500. The Morgan fingerprint density at radius 3 is 3.00 bits per heavy atom. The van der Waals surface area contributed by atoms with Gasteiger partial charge >= 0.3 is 0 Å². The highest BCUT2D eigenvalue weighted by atomic mass is 35.5. The molecule has 0 spiro atoms. The van der Waals surface area contributed by atoms with Crippen molar-refractivity contribution >= 4 is 23.2 Å². The van der Waals surface area contributed by atoms with Crippen molar-refractivity contribution in [1.29, 1.82) is 0 Å². The minimum atomic E-state index is -0.193. The number of rotatable bonds is 3. The molecule has 1 aromatic rings. The minimum absolute atomic E-state index is 0.193. The van der Waals surface area contributed by atoms with Gasteiger partial charge in [0.1, 0.15) is 0 Å². The first-order valence-corrected chi connectivity index (χ1v) is 7.00. The lowest BCUT2D eigenvalue weighted by atomic mass is 10.0. The first-order valence-electron chi connectivity index (χ1n) is 6.62. The van der Waals surface area contributed by atoms with Crippen molar-refractivity contribution in [1.82, 2.24) is 10.2 Å². The number of carbonyl (C=O) groups excluding carboxylic acids is 1. The van der Waals surface area contributed by atoms with E-state index >= 15 is 0 Å². The highest BCUT2D eigenvalue weighted by molar-refractivity contribution is 6.34. The van der Waals surface area contributed by atoms with Gasteiger partial charge in [0.15, 0.2) is 0 Å². The van der Waals surface area contributed by atoms with Crippen LogP contribution in [-0.2, 0) is 0 Å². The molecule has 19 heavy (non-hydrogen) atoms. The Balaban J connectivity index is 1.97. The van der Waals surface area contributed by atoms with Gasteiger partial charge in [-0.25, -0.2) is 0 Å². The van der Waals surface area contributed by atoms with Gasteiger partial charge in [-0.2, -0.15) is 0 Å². The molecule has 1 saturated heterocycles. The van der Waals surface area contributed by atoms with Crippen molar-refractivity contribution in [3.8, 4) is 0 Å². The Morgan fingerprint density at radius 2 is 2.32 bits per heavy atom. The summed E-state index contributed by atoms with van der Waals surface area (Å²) in [7, 11) is 2.10. The van der Waals surface area contributed by atoms with Crippen LogP contribution in [0.3, 0.4) is 0 Å². The number of nitrogens with two attached hydrogens (primary N) is 1. The van der Waals surface area contributed by atoms with E-state index in [1.807, 2.05) is 0 Å².